The molecule has 5 heterocycles. The molecule has 2 bridgehead atoms. The minimum atomic E-state index is -0.270. The summed E-state index contributed by atoms with van der Waals surface area (Å²) < 4.78 is 28.8. The van der Waals surface area contributed by atoms with Gasteiger partial charge in [0.1, 0.15) is 29.0 Å². The molecular weight excluding hydrogens is 433 g/mol. The van der Waals surface area contributed by atoms with Gasteiger partial charge in [0, 0.05) is 24.6 Å². The number of methoxy groups -OCH3 is 1. The Labute approximate surface area is 200 Å². The van der Waals surface area contributed by atoms with Gasteiger partial charge in [0.25, 0.3) is 0 Å². The Kier molecular flexibility index (Phi) is 6.42. The summed E-state index contributed by atoms with van der Waals surface area (Å²) in [5.74, 6) is 2.34. The molecule has 3 aliphatic heterocycles. The molecule has 1 atom stereocenters. The number of hydrogen-bond donors (Lipinski definition) is 0. The van der Waals surface area contributed by atoms with Crippen molar-refractivity contribution < 1.29 is 13.9 Å². The van der Waals surface area contributed by atoms with Gasteiger partial charge in [-0.3, -0.25) is 4.90 Å². The van der Waals surface area contributed by atoms with E-state index in [0.717, 1.165) is 49.5 Å². The zero-order chi connectivity index (χ0) is 23.8. The number of aromatic nitrogens is 4. The highest BCUT2D eigenvalue weighted by molar-refractivity contribution is 5.74. The topological polar surface area (TPSA) is 65.3 Å². The van der Waals surface area contributed by atoms with Crippen molar-refractivity contribution in [2.24, 2.45) is 11.8 Å². The van der Waals surface area contributed by atoms with E-state index in [9.17, 15) is 0 Å². The number of imidazole rings is 1. The smallest absolute Gasteiger partial charge is 0.318 e. The molecule has 0 amide bonds. The first-order valence-corrected chi connectivity index (χ1v) is 12.4. The molecule has 0 saturated carbocycles. The summed E-state index contributed by atoms with van der Waals surface area (Å²) in [5, 5.41) is 0. The van der Waals surface area contributed by atoms with Crippen molar-refractivity contribution in [2.75, 3.05) is 26.7 Å². The van der Waals surface area contributed by atoms with Crippen LogP contribution in [0.1, 0.15) is 50.2 Å². The Balaban J connectivity index is 1.42. The Morgan fingerprint density at radius 2 is 1.94 bits per heavy atom. The molecule has 3 aliphatic rings. The zero-order valence-electron chi connectivity index (χ0n) is 20.6. The van der Waals surface area contributed by atoms with Gasteiger partial charge in [0.2, 0.25) is 0 Å². The second-order valence-electron chi connectivity index (χ2n) is 10.1. The number of rotatable bonds is 8. The summed E-state index contributed by atoms with van der Waals surface area (Å²) >= 11 is 0. The lowest BCUT2D eigenvalue weighted by atomic mass is 9.86. The standard InChI is InChI=1S/C26H34FN5O2/c1-16(2)5-8-23-29-24-17(3)28-26(33-4)30-25(24)32(23)14-19-6-7-20(13-21(19)27)34-22-15-31-11-9-18(22)10-12-31/h6-7,13,16,18,22H,5,8-12,14-15H2,1-4H3/t22-/m1/s1. The van der Waals surface area contributed by atoms with Crippen LogP contribution in [0.5, 0.6) is 11.8 Å². The molecule has 182 valence electrons. The van der Waals surface area contributed by atoms with Crippen molar-refractivity contribution >= 4 is 11.2 Å². The third-order valence-corrected chi connectivity index (χ3v) is 7.19. The van der Waals surface area contributed by atoms with E-state index in [2.05, 4.69) is 28.7 Å². The van der Waals surface area contributed by atoms with Crippen LogP contribution in [-0.2, 0) is 13.0 Å². The maximum atomic E-state index is 15.3. The third kappa shape index (κ3) is 4.60. The lowest BCUT2D eigenvalue weighted by Gasteiger charge is -2.44. The van der Waals surface area contributed by atoms with Crippen molar-refractivity contribution in [1.82, 2.24) is 24.4 Å². The normalized spacial score (nSPS) is 22.0. The van der Waals surface area contributed by atoms with Gasteiger partial charge in [-0.15, -0.1) is 0 Å². The SMILES string of the molecule is COc1nc(C)c2nc(CCC(C)C)n(Cc3ccc(O[C@@H]4CN5CCC4CC5)cc3F)c2n1. The van der Waals surface area contributed by atoms with Gasteiger partial charge >= 0.3 is 6.01 Å². The number of piperidine rings is 3. The Morgan fingerprint density at radius 1 is 1.15 bits per heavy atom. The van der Waals surface area contributed by atoms with Gasteiger partial charge in [-0.25, -0.2) is 9.37 Å². The molecule has 34 heavy (non-hydrogen) atoms. The van der Waals surface area contributed by atoms with Gasteiger partial charge in [-0.2, -0.15) is 9.97 Å². The molecule has 0 aliphatic carbocycles. The Hall–Kier alpha value is -2.74. The van der Waals surface area contributed by atoms with E-state index in [4.69, 9.17) is 14.5 Å². The number of halogens is 1. The van der Waals surface area contributed by atoms with Gasteiger partial charge in [0.15, 0.2) is 5.65 Å². The highest BCUT2D eigenvalue weighted by atomic mass is 19.1. The van der Waals surface area contributed by atoms with Crippen molar-refractivity contribution in [3.8, 4) is 11.8 Å². The predicted molar refractivity (Wildman–Crippen MR) is 129 cm³/mol. The second kappa shape index (κ2) is 9.49. The molecule has 6 rings (SSSR count). The van der Waals surface area contributed by atoms with Crippen LogP contribution in [0.4, 0.5) is 4.39 Å². The summed E-state index contributed by atoms with van der Waals surface area (Å²) in [6.07, 6.45) is 4.27. The molecule has 0 unspecified atom stereocenters. The van der Waals surface area contributed by atoms with Crippen LogP contribution in [0.2, 0.25) is 0 Å². The largest absolute Gasteiger partial charge is 0.489 e. The van der Waals surface area contributed by atoms with E-state index in [1.54, 1.807) is 7.11 Å². The Morgan fingerprint density at radius 3 is 2.59 bits per heavy atom. The second-order valence-corrected chi connectivity index (χ2v) is 10.1. The minimum absolute atomic E-state index is 0.153. The molecule has 7 nitrogen and oxygen atoms in total. The van der Waals surface area contributed by atoms with Gasteiger partial charge in [-0.1, -0.05) is 19.9 Å². The first-order valence-electron chi connectivity index (χ1n) is 12.4. The fraction of sp³-hybridized carbons (Fsp3) is 0.577. The van der Waals surface area contributed by atoms with E-state index >= 15 is 4.39 Å². The average molecular weight is 468 g/mol. The molecule has 0 radical (unpaired) electrons. The van der Waals surface area contributed by atoms with Crippen molar-refractivity contribution in [2.45, 2.75) is 59.1 Å². The number of benzene rings is 1. The fourth-order valence-electron chi connectivity index (χ4n) is 5.14. The summed E-state index contributed by atoms with van der Waals surface area (Å²) in [6, 6.07) is 5.54. The number of ether oxygens (including phenoxy) is 2. The molecule has 2 aromatic heterocycles. The minimum Gasteiger partial charge on any atom is -0.489 e. The van der Waals surface area contributed by atoms with Crippen LogP contribution in [0.25, 0.3) is 11.2 Å². The lowest BCUT2D eigenvalue weighted by Crippen LogP contribution is -2.52. The molecular formula is C26H34FN5O2. The van der Waals surface area contributed by atoms with E-state index in [1.165, 1.54) is 18.9 Å². The van der Waals surface area contributed by atoms with Gasteiger partial charge in [-0.05, 0) is 57.2 Å². The number of aryl methyl sites for hydroxylation is 2. The van der Waals surface area contributed by atoms with E-state index in [0.29, 0.717) is 41.4 Å². The molecule has 3 fully saturated rings. The highest BCUT2D eigenvalue weighted by Gasteiger charge is 2.35. The van der Waals surface area contributed by atoms with Crippen LogP contribution < -0.4 is 9.47 Å². The van der Waals surface area contributed by atoms with Crippen LogP contribution in [0.15, 0.2) is 18.2 Å². The first kappa shape index (κ1) is 23.0. The van der Waals surface area contributed by atoms with Crippen LogP contribution in [-0.4, -0.2) is 57.3 Å². The summed E-state index contributed by atoms with van der Waals surface area (Å²) in [4.78, 5) is 16.2. The van der Waals surface area contributed by atoms with Gasteiger partial charge < -0.3 is 14.0 Å². The van der Waals surface area contributed by atoms with Crippen molar-refractivity contribution in [3.63, 3.8) is 0 Å². The van der Waals surface area contributed by atoms with E-state index in [1.807, 2.05) is 23.6 Å². The average Bonchev–Trinajstić information content (AvgIpc) is 3.18. The summed E-state index contributed by atoms with van der Waals surface area (Å²) in [7, 11) is 1.55. The number of fused-ring (bicyclic) bond motifs is 4. The van der Waals surface area contributed by atoms with Crippen molar-refractivity contribution in [1.29, 1.82) is 0 Å². The predicted octanol–water partition coefficient (Wildman–Crippen LogP) is 4.39. The molecule has 3 saturated heterocycles. The quantitative estimate of drug-likeness (QED) is 0.490. The highest BCUT2D eigenvalue weighted by Crippen LogP contribution is 2.31. The number of nitrogens with zero attached hydrogens (tertiary/aromatic N) is 5. The first-order chi connectivity index (χ1) is 16.4. The van der Waals surface area contributed by atoms with E-state index < -0.39 is 0 Å². The van der Waals surface area contributed by atoms with Gasteiger partial charge in [0.05, 0.1) is 19.3 Å². The van der Waals surface area contributed by atoms with E-state index in [-0.39, 0.29) is 11.9 Å². The molecule has 8 heteroatoms. The summed E-state index contributed by atoms with van der Waals surface area (Å²) in [5.41, 5.74) is 2.76. The van der Waals surface area contributed by atoms with Crippen LogP contribution in [0.3, 0.4) is 0 Å². The van der Waals surface area contributed by atoms with Crippen molar-refractivity contribution in [3.05, 3.63) is 41.1 Å². The van der Waals surface area contributed by atoms with Crippen LogP contribution in [0, 0.1) is 24.6 Å². The molecule has 0 N–H and O–H groups in total. The zero-order valence-corrected chi connectivity index (χ0v) is 20.6. The molecule has 3 aromatic rings. The lowest BCUT2D eigenvalue weighted by molar-refractivity contribution is -0.00789. The summed E-state index contributed by atoms with van der Waals surface area (Å²) in [6.45, 7) is 9.87. The monoisotopic (exact) mass is 467 g/mol. The number of hydrogen-bond acceptors (Lipinski definition) is 6. The molecule has 0 spiro atoms. The molecule has 1 aromatic carbocycles. The maximum Gasteiger partial charge on any atom is 0.318 e. The Bertz CT molecular complexity index is 1170. The maximum absolute atomic E-state index is 15.3. The fourth-order valence-corrected chi connectivity index (χ4v) is 5.14. The third-order valence-electron chi connectivity index (χ3n) is 7.19. The van der Waals surface area contributed by atoms with Crippen LogP contribution >= 0.6 is 0 Å².